The van der Waals surface area contributed by atoms with Crippen LogP contribution in [0.25, 0.3) is 6.08 Å². The Morgan fingerprint density at radius 2 is 2.10 bits per heavy atom. The fourth-order valence-corrected chi connectivity index (χ4v) is 1.24. The van der Waals surface area contributed by atoms with Gasteiger partial charge in [0.05, 0.1) is 7.05 Å². The molecule has 0 amide bonds. The van der Waals surface area contributed by atoms with Crippen molar-refractivity contribution in [1.29, 1.82) is 5.26 Å². The number of rotatable bonds is 2. The fraction of sp³-hybridized carbons (Fsp3) is 0.0714. The van der Waals surface area contributed by atoms with Crippen LogP contribution in [0.15, 0.2) is 48.6 Å². The maximum absolute atomic E-state index is 10.7. The fourth-order valence-electron chi connectivity index (χ4n) is 1.24. The summed E-state index contributed by atoms with van der Waals surface area (Å²) in [5, 5.41) is 27.7. The van der Waals surface area contributed by atoms with Gasteiger partial charge in [-0.3, -0.25) is 4.98 Å². The molecule has 6 nitrogen and oxygen atoms in total. The number of carboxylic acid groups (broad SMARTS) is 1. The predicted octanol–water partition coefficient (Wildman–Crippen LogP) is 0.591. The zero-order valence-electron chi connectivity index (χ0n) is 10.8. The average molecular weight is 271 g/mol. The summed E-state index contributed by atoms with van der Waals surface area (Å²) in [6, 6.07) is 7.09. The van der Waals surface area contributed by atoms with Crippen LogP contribution in [-0.4, -0.2) is 16.1 Å². The average Bonchev–Trinajstić information content (AvgIpc) is 2.89. The highest BCUT2D eigenvalue weighted by molar-refractivity contribution is 5.96. The molecule has 2 rings (SSSR count). The number of nitrogens with zero attached hydrogens (tertiary/aromatic N) is 2. The molecule has 0 unspecified atom stereocenters. The zero-order chi connectivity index (χ0) is 15.0. The summed E-state index contributed by atoms with van der Waals surface area (Å²) in [5.74, 6) is -1.44. The first-order valence-electron chi connectivity index (χ1n) is 5.63. The number of aromatic nitrogens is 2. The molecule has 0 radical (unpaired) electrons. The molecule has 2 aromatic rings. The lowest BCUT2D eigenvalue weighted by Gasteiger charge is -2.03. The van der Waals surface area contributed by atoms with Crippen LogP contribution >= 0.6 is 0 Å². The first kappa shape index (κ1) is 15.0. The molecule has 0 aliphatic carbocycles. The summed E-state index contributed by atoms with van der Waals surface area (Å²) in [5.41, 5.74) is 0.159. The lowest BCUT2D eigenvalue weighted by atomic mass is 10.1. The molecule has 0 saturated heterocycles. The van der Waals surface area contributed by atoms with E-state index in [-0.39, 0.29) is 11.3 Å². The normalized spacial score (nSPS) is 10.1. The van der Waals surface area contributed by atoms with Gasteiger partial charge in [0.25, 0.3) is 0 Å². The topological polar surface area (TPSA) is 104 Å². The van der Waals surface area contributed by atoms with E-state index in [9.17, 15) is 9.90 Å². The minimum absolute atomic E-state index is 0.156. The van der Waals surface area contributed by atoms with Crippen molar-refractivity contribution in [3.05, 3.63) is 54.1 Å². The van der Waals surface area contributed by atoms with Crippen molar-refractivity contribution < 1.29 is 19.6 Å². The highest BCUT2D eigenvalue weighted by Gasteiger charge is 2.04. The van der Waals surface area contributed by atoms with Crippen LogP contribution in [-0.2, 0) is 11.8 Å². The standard InChI is InChI=1S/C10H7NO3.C4H6N2/c11-6-8(10(13)14)5-7-1-3-9(12)4-2-7;1-6-3-2-5-4-6/h1-5,12H,(H,13,14);2-4H,1H3. The van der Waals surface area contributed by atoms with Crippen molar-refractivity contribution >= 4 is 12.0 Å². The molecule has 20 heavy (non-hydrogen) atoms. The molecule has 6 heteroatoms. The highest BCUT2D eigenvalue weighted by atomic mass is 16.4. The summed E-state index contributed by atoms with van der Waals surface area (Å²) in [7, 11) is 1.97. The van der Waals surface area contributed by atoms with E-state index < -0.39 is 5.97 Å². The molecule has 0 saturated carbocycles. The lowest BCUT2D eigenvalue weighted by molar-refractivity contribution is -0.670. The van der Waals surface area contributed by atoms with Crippen LogP contribution in [0.3, 0.4) is 0 Å². The van der Waals surface area contributed by atoms with Crippen molar-refractivity contribution in [3.8, 4) is 11.8 Å². The Bertz CT molecular complexity index is 623. The van der Waals surface area contributed by atoms with Gasteiger partial charge in [-0.2, -0.15) is 5.26 Å². The quantitative estimate of drug-likeness (QED) is 0.474. The van der Waals surface area contributed by atoms with E-state index in [0.717, 1.165) is 0 Å². The molecule has 0 aliphatic heterocycles. The molecule has 0 bridgehead atoms. The number of aryl methyl sites for hydroxylation is 1. The molecular formula is C14H13N3O3. The third-order valence-corrected chi connectivity index (χ3v) is 2.23. The van der Waals surface area contributed by atoms with Crippen molar-refractivity contribution in [3.63, 3.8) is 0 Å². The van der Waals surface area contributed by atoms with Gasteiger partial charge in [0.15, 0.2) is 0 Å². The molecule has 1 aromatic heterocycles. The SMILES string of the molecule is C[n+]1cc[nH]c1.N#CC(=Cc1ccc([O-])cc1)C(=O)O. The van der Waals surface area contributed by atoms with E-state index >= 15 is 0 Å². The van der Waals surface area contributed by atoms with E-state index in [0.29, 0.717) is 5.56 Å². The second-order valence-corrected chi connectivity index (χ2v) is 3.82. The number of hydrogen-bond donors (Lipinski definition) is 2. The molecule has 0 fully saturated rings. The van der Waals surface area contributed by atoms with Crippen molar-refractivity contribution in [2.75, 3.05) is 0 Å². The number of imidazole rings is 1. The number of carboxylic acids is 1. The monoisotopic (exact) mass is 271 g/mol. The maximum Gasteiger partial charge on any atom is 0.346 e. The minimum Gasteiger partial charge on any atom is -0.872 e. The van der Waals surface area contributed by atoms with Crippen LogP contribution < -0.4 is 9.67 Å². The summed E-state index contributed by atoms with van der Waals surface area (Å²) in [6.07, 6.45) is 6.90. The summed E-state index contributed by atoms with van der Waals surface area (Å²) >= 11 is 0. The van der Waals surface area contributed by atoms with Crippen LogP contribution in [0.5, 0.6) is 5.75 Å². The number of aliphatic carboxylic acids is 1. The number of aromatic amines is 1. The third-order valence-electron chi connectivity index (χ3n) is 2.23. The van der Waals surface area contributed by atoms with Crippen LogP contribution in [0.4, 0.5) is 0 Å². The van der Waals surface area contributed by atoms with E-state index in [1.165, 1.54) is 30.3 Å². The van der Waals surface area contributed by atoms with Crippen molar-refractivity contribution in [2.24, 2.45) is 7.05 Å². The Balaban J connectivity index is 0.000000276. The van der Waals surface area contributed by atoms with E-state index in [1.54, 1.807) is 6.07 Å². The Morgan fingerprint density at radius 3 is 2.45 bits per heavy atom. The number of benzene rings is 1. The number of carbonyl (C=O) groups is 1. The number of hydrogen-bond acceptors (Lipinski definition) is 3. The van der Waals surface area contributed by atoms with E-state index in [1.807, 2.05) is 30.3 Å². The maximum atomic E-state index is 10.7. The van der Waals surface area contributed by atoms with Gasteiger partial charge in [-0.25, -0.2) is 9.36 Å². The number of H-pyrrole nitrogens is 1. The van der Waals surface area contributed by atoms with Gasteiger partial charge in [-0.15, -0.1) is 5.75 Å². The van der Waals surface area contributed by atoms with Crippen LogP contribution in [0, 0.1) is 11.3 Å². The molecular weight excluding hydrogens is 258 g/mol. The lowest BCUT2D eigenvalue weighted by Crippen LogP contribution is -2.22. The smallest absolute Gasteiger partial charge is 0.346 e. The second kappa shape index (κ2) is 7.38. The Hall–Kier alpha value is -3.07. The van der Waals surface area contributed by atoms with Gasteiger partial charge in [0.2, 0.25) is 6.33 Å². The first-order valence-corrected chi connectivity index (χ1v) is 5.63. The summed E-state index contributed by atoms with van der Waals surface area (Å²) in [6.45, 7) is 0. The van der Waals surface area contributed by atoms with Gasteiger partial charge in [0, 0.05) is 0 Å². The van der Waals surface area contributed by atoms with Gasteiger partial charge in [0.1, 0.15) is 24.0 Å². The molecule has 1 aromatic carbocycles. The minimum atomic E-state index is -1.28. The van der Waals surface area contributed by atoms with Gasteiger partial charge >= 0.3 is 5.97 Å². The third kappa shape index (κ3) is 5.06. The Labute approximate surface area is 115 Å². The number of nitrogens with one attached hydrogen (secondary N) is 1. The summed E-state index contributed by atoms with van der Waals surface area (Å²) < 4.78 is 1.94. The first-order chi connectivity index (χ1) is 9.52. The van der Waals surface area contributed by atoms with Crippen molar-refractivity contribution in [1.82, 2.24) is 4.98 Å². The molecule has 102 valence electrons. The highest BCUT2D eigenvalue weighted by Crippen LogP contribution is 2.10. The summed E-state index contributed by atoms with van der Waals surface area (Å²) in [4.78, 5) is 13.3. The Kier molecular flexibility index (Phi) is 5.53. The van der Waals surface area contributed by atoms with E-state index in [4.69, 9.17) is 10.4 Å². The van der Waals surface area contributed by atoms with Gasteiger partial charge in [-0.1, -0.05) is 24.3 Å². The molecule has 2 N–H and O–H groups in total. The van der Waals surface area contributed by atoms with Gasteiger partial charge < -0.3 is 10.2 Å². The zero-order valence-corrected chi connectivity index (χ0v) is 10.8. The van der Waals surface area contributed by atoms with Crippen LogP contribution in [0.1, 0.15) is 5.56 Å². The second-order valence-electron chi connectivity index (χ2n) is 3.82. The predicted molar refractivity (Wildman–Crippen MR) is 69.1 cm³/mol. The largest absolute Gasteiger partial charge is 0.872 e. The van der Waals surface area contributed by atoms with Gasteiger partial charge in [-0.05, 0) is 11.6 Å². The van der Waals surface area contributed by atoms with E-state index in [2.05, 4.69) is 4.98 Å². The van der Waals surface area contributed by atoms with Crippen molar-refractivity contribution in [2.45, 2.75) is 0 Å². The van der Waals surface area contributed by atoms with Crippen LogP contribution in [0.2, 0.25) is 0 Å². The molecule has 1 heterocycles. The molecule has 0 aliphatic rings. The molecule has 0 atom stereocenters. The molecule has 0 spiro atoms. The number of nitriles is 1. The Morgan fingerprint density at radius 1 is 1.45 bits per heavy atom.